The number of hydrogen-bond donors (Lipinski definition) is 5. The fourth-order valence-corrected chi connectivity index (χ4v) is 15.5. The number of aryl methyl sites for hydroxylation is 3. The van der Waals surface area contributed by atoms with Crippen LogP contribution in [0.15, 0.2) is 91.8 Å². The number of carbonyl (C=O) groups excluding carboxylic acids is 6. The van der Waals surface area contributed by atoms with Gasteiger partial charge in [-0.2, -0.15) is 15.3 Å². The van der Waals surface area contributed by atoms with Crippen molar-refractivity contribution in [3.63, 3.8) is 0 Å². The summed E-state index contributed by atoms with van der Waals surface area (Å²) in [6, 6.07) is 11.5. The van der Waals surface area contributed by atoms with Crippen molar-refractivity contribution in [2.24, 2.45) is 21.1 Å². The third-order valence-corrected chi connectivity index (χ3v) is 21.4. The van der Waals surface area contributed by atoms with Gasteiger partial charge in [0.25, 0.3) is 17.7 Å². The van der Waals surface area contributed by atoms with Crippen LogP contribution >= 0.6 is 80.4 Å². The van der Waals surface area contributed by atoms with E-state index in [9.17, 15) is 38.3 Å². The van der Waals surface area contributed by atoms with Crippen LogP contribution in [0.1, 0.15) is 120 Å². The molecule has 0 radical (unpaired) electrons. The number of fused-ring (bicyclic) bond motifs is 3. The molecule has 0 fully saturated rings. The summed E-state index contributed by atoms with van der Waals surface area (Å²) in [5, 5.41) is 32.0. The van der Waals surface area contributed by atoms with Gasteiger partial charge >= 0.3 is 11.9 Å². The summed E-state index contributed by atoms with van der Waals surface area (Å²) in [7, 11) is 6.79. The number of thiophene rings is 3. The van der Waals surface area contributed by atoms with Crippen molar-refractivity contribution < 1.29 is 52.5 Å². The maximum Gasteiger partial charge on any atom is 0.329 e. The molecular weight excluding hydrogens is 1540 g/mol. The molecule has 37 heteroatoms. The second kappa shape index (κ2) is 34.2. The molecule has 13 rings (SSSR count). The number of amides is 4. The van der Waals surface area contributed by atoms with E-state index in [0.29, 0.717) is 122 Å². The van der Waals surface area contributed by atoms with Crippen molar-refractivity contribution in [1.29, 1.82) is 0 Å². The third kappa shape index (κ3) is 19.4. The largest absolute Gasteiger partial charge is 0.497 e. The van der Waals surface area contributed by atoms with Gasteiger partial charge < -0.3 is 55.7 Å². The maximum absolute atomic E-state index is 14.0. The van der Waals surface area contributed by atoms with Gasteiger partial charge in [0.1, 0.15) is 75.4 Å². The van der Waals surface area contributed by atoms with E-state index >= 15 is 0 Å². The Kier molecular flexibility index (Phi) is 25.6. The normalized spacial score (nSPS) is 14.4. The smallest absolute Gasteiger partial charge is 0.329 e. The third-order valence-electron chi connectivity index (χ3n) is 16.8. The molecule has 4 amide bonds. The molecule has 0 saturated carbocycles. The van der Waals surface area contributed by atoms with Crippen molar-refractivity contribution in [3.05, 3.63) is 155 Å². The number of nitrogens with two attached hydrogens (primary N) is 1. The van der Waals surface area contributed by atoms with Gasteiger partial charge in [-0.05, 0) is 116 Å². The van der Waals surface area contributed by atoms with E-state index in [1.807, 2.05) is 27.8 Å². The molecule has 1 aromatic carbocycles. The highest BCUT2D eigenvalue weighted by molar-refractivity contribution is 7.16. The maximum atomic E-state index is 14.0. The van der Waals surface area contributed by atoms with Gasteiger partial charge in [0.2, 0.25) is 23.1 Å². The second-order valence-corrected chi connectivity index (χ2v) is 31.7. The number of aromatic nitrogens is 12. The minimum absolute atomic E-state index is 0.0901. The van der Waals surface area contributed by atoms with Gasteiger partial charge in [0.15, 0.2) is 0 Å². The summed E-state index contributed by atoms with van der Waals surface area (Å²) < 4.78 is 34.9. The number of methoxy groups -OCH3 is 1. The number of carbonyl (C=O) groups is 6. The average molecular weight is 1610 g/mol. The average Bonchev–Trinajstić information content (AvgIpc) is 1.64. The van der Waals surface area contributed by atoms with Crippen LogP contribution in [-0.4, -0.2) is 177 Å². The van der Waals surface area contributed by atoms with Crippen LogP contribution in [0.25, 0.3) is 31.7 Å². The number of anilines is 5. The van der Waals surface area contributed by atoms with Crippen molar-refractivity contribution in [2.45, 2.75) is 117 Å². The van der Waals surface area contributed by atoms with E-state index < -0.39 is 65.6 Å². The van der Waals surface area contributed by atoms with Gasteiger partial charge in [-0.15, -0.1) is 34.0 Å². The topological polar surface area (TPSA) is 353 Å². The summed E-state index contributed by atoms with van der Waals surface area (Å²) >= 11 is 29.2. The van der Waals surface area contributed by atoms with Crippen LogP contribution in [0.2, 0.25) is 20.4 Å². The molecule has 4 atom stereocenters. The first-order chi connectivity index (χ1) is 51.1. The Labute approximate surface area is 652 Å². The number of esters is 2. The molecule has 0 spiro atoms. The summed E-state index contributed by atoms with van der Waals surface area (Å²) in [5.74, 6) is 0.503. The number of aliphatic hydroxyl groups is 1. The molecular formula is C71H78Cl4FN19O10S3. The van der Waals surface area contributed by atoms with E-state index in [1.54, 1.807) is 134 Å². The van der Waals surface area contributed by atoms with Crippen LogP contribution in [0, 0.1) is 5.82 Å². The first-order valence-electron chi connectivity index (χ1n) is 33.6. The predicted octanol–water partition coefficient (Wildman–Crippen LogP) is 12.0. The van der Waals surface area contributed by atoms with Gasteiger partial charge in [-0.25, -0.2) is 43.9 Å². The molecule has 29 nitrogen and oxygen atoms in total. The Morgan fingerprint density at radius 2 is 0.981 bits per heavy atom. The van der Waals surface area contributed by atoms with Crippen LogP contribution in [-0.2, 0) is 64.3 Å². The molecule has 3 aliphatic rings. The first-order valence-corrected chi connectivity index (χ1v) is 37.5. The zero-order valence-corrected chi connectivity index (χ0v) is 66.4. The lowest BCUT2D eigenvalue weighted by molar-refractivity contribution is -0.160. The highest BCUT2D eigenvalue weighted by atomic mass is 35.5. The Balaban J connectivity index is 0.000000168. The van der Waals surface area contributed by atoms with Crippen molar-refractivity contribution in [1.82, 2.24) is 79.3 Å². The number of benzene rings is 1. The SMILES string of the molecule is CC(C(=O)OC(C)(C)C)N1CCc2sc(-c3nc(Cl)ncc3Cl)cc2C1=O.CC(C(=O)OC(C)(C)C)N1CCc2sc(-c3nc(Nc4ccnn4C)ncc3Cl)cc2C1=O.COc1cc(F)cc([C@@H](CO)NC(=O)[C@@H](C)N2CCc3sc(-c4nc(Nc5ccnn5C)ncc4Cl)cc3C2=O)c1.Cn1nccc1N. The first kappa shape index (κ1) is 80.8. The van der Waals surface area contributed by atoms with E-state index in [1.165, 1.54) is 82.8 Å². The minimum Gasteiger partial charge on any atom is -0.497 e. The van der Waals surface area contributed by atoms with Crippen molar-refractivity contribution in [2.75, 3.05) is 49.7 Å². The fraction of sp³-hybridized carbons (Fsp3) is 0.366. The molecule has 3 aliphatic heterocycles. The van der Waals surface area contributed by atoms with Gasteiger partial charge in [0.05, 0.1) is 103 Å². The number of halogens is 5. The van der Waals surface area contributed by atoms with E-state index in [-0.39, 0.29) is 28.8 Å². The summed E-state index contributed by atoms with van der Waals surface area (Å²) in [5.41, 5.74) is 7.57. The van der Waals surface area contributed by atoms with Crippen LogP contribution in [0.3, 0.4) is 0 Å². The number of hydrogen-bond acceptors (Lipinski definition) is 25. The van der Waals surface area contributed by atoms with Gasteiger partial charge in [0, 0.05) is 92.9 Å². The highest BCUT2D eigenvalue weighted by Crippen LogP contribution is 2.41. The number of ether oxygens (including phenoxy) is 3. The second-order valence-electron chi connectivity index (χ2n) is 26.8. The molecule has 0 saturated heterocycles. The zero-order chi connectivity index (χ0) is 78.4. The van der Waals surface area contributed by atoms with Gasteiger partial charge in [-0.1, -0.05) is 34.8 Å². The minimum atomic E-state index is -0.883. The molecule has 0 aliphatic carbocycles. The zero-order valence-electron chi connectivity index (χ0n) is 60.9. The van der Waals surface area contributed by atoms with Crippen molar-refractivity contribution in [3.8, 4) is 37.5 Å². The quantitative estimate of drug-likeness (QED) is 0.0417. The molecule has 12 heterocycles. The molecule has 570 valence electrons. The standard InChI is InChI=1S/C27H27ClFN7O4S.C22H25ClN6O3S.C18H19Cl2N3O3S.C4H7N3/c1-14(25(38)32-20(13-37)15-8-16(29)10-17(9-15)40-3)36-7-5-21-18(26(36)39)11-22(41-21)24-19(28)12-30-27(34-24)33-23-4-6-31-35(23)2;1-12(20(31)32-22(2,3)4)29-9-7-15-13(19(29)30)10-16(33-15)18-14(23)11-24-21(27-18)26-17-6-8-25-28(17)5;1-9(16(25)26-18(2,3)4)23-6-5-12-10(15(23)24)7-13(27-12)14-11(19)8-21-17(20)22-14;1-7-4(5)2-3-6-7/h4,6,8-12,14,20,37H,5,7,13H2,1-3H3,(H,32,38)(H,30,33,34);6,8,10-12H,7,9H2,1-5H3,(H,24,26,27);7-9H,5-6H2,1-4H3;2-3H,5H2,1H3/t14-,20-;;;/m1.../s1. The molecule has 9 aromatic heterocycles. The summed E-state index contributed by atoms with van der Waals surface area (Å²) in [4.78, 5) is 113. The van der Waals surface area contributed by atoms with E-state index in [4.69, 9.17) is 66.3 Å². The Bertz CT molecular complexity index is 4980. The molecule has 108 heavy (non-hydrogen) atoms. The molecule has 6 N–H and O–H groups in total. The Morgan fingerprint density at radius 3 is 1.34 bits per heavy atom. The highest BCUT2D eigenvalue weighted by Gasteiger charge is 2.39. The number of aliphatic hydroxyl groups excluding tert-OH is 1. The fourth-order valence-electron chi connectivity index (χ4n) is 11.2. The summed E-state index contributed by atoms with van der Waals surface area (Å²) in [6.07, 6.45) is 11.3. The molecule has 2 unspecified atom stereocenters. The summed E-state index contributed by atoms with van der Waals surface area (Å²) in [6.45, 7) is 16.6. The van der Waals surface area contributed by atoms with Gasteiger partial charge in [-0.3, -0.25) is 33.2 Å². The van der Waals surface area contributed by atoms with E-state index in [0.717, 1.165) is 30.2 Å². The monoisotopic (exact) mass is 1610 g/mol. The predicted molar refractivity (Wildman–Crippen MR) is 412 cm³/mol. The molecule has 0 bridgehead atoms. The Morgan fingerprint density at radius 1 is 0.583 bits per heavy atom. The number of nitrogens with zero attached hydrogens (tertiary/aromatic N) is 15. The number of rotatable bonds is 17. The lowest BCUT2D eigenvalue weighted by atomic mass is 10.0. The van der Waals surface area contributed by atoms with Crippen LogP contribution in [0.5, 0.6) is 5.75 Å². The lowest BCUT2D eigenvalue weighted by Gasteiger charge is -2.32. The molecule has 10 aromatic rings. The lowest BCUT2D eigenvalue weighted by Crippen LogP contribution is -2.51. The van der Waals surface area contributed by atoms with Crippen LogP contribution in [0.4, 0.5) is 33.7 Å². The van der Waals surface area contributed by atoms with Crippen molar-refractivity contribution >= 4 is 145 Å². The Hall–Kier alpha value is -9.74. The number of nitrogens with one attached hydrogen (secondary N) is 3. The van der Waals surface area contributed by atoms with E-state index in [2.05, 4.69) is 61.2 Å². The number of nitrogen functional groups attached to an aromatic ring is 1. The van der Waals surface area contributed by atoms with Crippen LogP contribution < -0.4 is 26.4 Å².